The van der Waals surface area contributed by atoms with Crippen LogP contribution in [-0.2, 0) is 0 Å². The number of hydrogen-bond acceptors (Lipinski definition) is 1. The summed E-state index contributed by atoms with van der Waals surface area (Å²) in [5, 5.41) is 10.2. The van der Waals surface area contributed by atoms with Crippen LogP contribution >= 0.6 is 0 Å². The molecule has 1 nitrogen and oxygen atoms in total. The molecular formula is C24H38O. The first kappa shape index (κ1) is 17.7. The summed E-state index contributed by atoms with van der Waals surface area (Å²) < 4.78 is 0. The van der Waals surface area contributed by atoms with E-state index >= 15 is 0 Å². The molecule has 1 heteroatoms. The molecule has 4 saturated carbocycles. The molecule has 0 aliphatic heterocycles. The zero-order chi connectivity index (χ0) is 17.7. The first-order valence-electron chi connectivity index (χ1n) is 11.0. The van der Waals surface area contributed by atoms with Crippen molar-refractivity contribution in [1.29, 1.82) is 0 Å². The van der Waals surface area contributed by atoms with Crippen molar-refractivity contribution in [3.8, 4) is 0 Å². The zero-order valence-corrected chi connectivity index (χ0v) is 16.5. The van der Waals surface area contributed by atoms with E-state index in [1.54, 1.807) is 0 Å². The largest absolute Gasteiger partial charge is 0.512 e. The molecule has 0 radical (unpaired) electrons. The lowest BCUT2D eigenvalue weighted by Crippen LogP contribution is -2.52. The third kappa shape index (κ3) is 2.72. The molecule has 140 valence electrons. The van der Waals surface area contributed by atoms with Crippen LogP contribution in [0.25, 0.3) is 0 Å². The van der Waals surface area contributed by atoms with E-state index in [4.69, 9.17) is 0 Å². The van der Waals surface area contributed by atoms with Crippen LogP contribution in [0.15, 0.2) is 24.5 Å². The van der Waals surface area contributed by atoms with Gasteiger partial charge < -0.3 is 5.11 Å². The lowest BCUT2D eigenvalue weighted by Gasteiger charge is -2.60. The molecule has 4 fully saturated rings. The molecule has 0 bridgehead atoms. The summed E-state index contributed by atoms with van der Waals surface area (Å²) in [5.74, 6) is 4.97. The van der Waals surface area contributed by atoms with E-state index in [2.05, 4.69) is 26.5 Å². The zero-order valence-electron chi connectivity index (χ0n) is 16.5. The van der Waals surface area contributed by atoms with Crippen LogP contribution in [0.5, 0.6) is 0 Å². The van der Waals surface area contributed by atoms with Crippen molar-refractivity contribution in [3.05, 3.63) is 24.5 Å². The van der Waals surface area contributed by atoms with E-state index in [-0.39, 0.29) is 0 Å². The number of rotatable bonds is 3. The molecular weight excluding hydrogens is 304 g/mol. The summed E-state index contributed by atoms with van der Waals surface area (Å²) in [6, 6.07) is 0. The summed E-state index contributed by atoms with van der Waals surface area (Å²) in [5.41, 5.74) is 1.07. The molecule has 25 heavy (non-hydrogen) atoms. The Morgan fingerprint density at radius 3 is 2.56 bits per heavy atom. The van der Waals surface area contributed by atoms with Gasteiger partial charge in [-0.05, 0) is 97.9 Å². The first-order valence-corrected chi connectivity index (χ1v) is 11.0. The summed E-state index contributed by atoms with van der Waals surface area (Å²) in [6.07, 6.45) is 19.1. The Hall–Kier alpha value is -0.720. The second kappa shape index (κ2) is 6.46. The Kier molecular flexibility index (Phi) is 4.57. The Morgan fingerprint density at radius 1 is 0.960 bits per heavy atom. The Morgan fingerprint density at radius 2 is 1.76 bits per heavy atom. The lowest BCUT2D eigenvalue weighted by molar-refractivity contribution is -0.108. The van der Waals surface area contributed by atoms with Crippen LogP contribution in [0.4, 0.5) is 0 Å². The van der Waals surface area contributed by atoms with E-state index in [0.717, 1.165) is 23.7 Å². The molecule has 0 spiro atoms. The molecule has 4 rings (SSSR count). The third-order valence-corrected chi connectivity index (χ3v) is 9.40. The Labute approximate surface area is 155 Å². The van der Waals surface area contributed by atoms with Crippen molar-refractivity contribution >= 4 is 0 Å². The van der Waals surface area contributed by atoms with Gasteiger partial charge in [-0.25, -0.2) is 0 Å². The summed E-state index contributed by atoms with van der Waals surface area (Å²) in [7, 11) is 0. The van der Waals surface area contributed by atoms with E-state index in [1.165, 1.54) is 64.2 Å². The smallest absolute Gasteiger partial charge is 0.0923 e. The van der Waals surface area contributed by atoms with E-state index in [0.29, 0.717) is 28.9 Å². The molecule has 0 aromatic carbocycles. The first-order chi connectivity index (χ1) is 12.0. The quantitative estimate of drug-likeness (QED) is 0.430. The number of hydrogen-bond donors (Lipinski definition) is 1. The minimum Gasteiger partial charge on any atom is -0.512 e. The van der Waals surface area contributed by atoms with Crippen LogP contribution < -0.4 is 0 Å². The molecule has 4 aliphatic rings. The second-order valence-corrected chi connectivity index (χ2v) is 10.3. The number of fused-ring (bicyclic) bond motifs is 5. The second-order valence-electron chi connectivity index (χ2n) is 10.3. The molecule has 0 amide bonds. The maximum atomic E-state index is 10.2. The third-order valence-electron chi connectivity index (χ3n) is 9.40. The van der Waals surface area contributed by atoms with Crippen LogP contribution in [-0.4, -0.2) is 5.11 Å². The highest BCUT2D eigenvalue weighted by molar-refractivity contribution is 5.13. The molecule has 1 unspecified atom stereocenters. The van der Waals surface area contributed by atoms with Crippen molar-refractivity contribution in [1.82, 2.24) is 0 Å². The molecule has 0 aromatic rings. The molecule has 0 heterocycles. The Balaban J connectivity index is 1.57. The number of allylic oxidation sites excluding steroid dienone is 2. The van der Waals surface area contributed by atoms with Gasteiger partial charge in [0, 0.05) is 6.42 Å². The average molecular weight is 343 g/mol. The van der Waals surface area contributed by atoms with Gasteiger partial charge >= 0.3 is 0 Å². The van der Waals surface area contributed by atoms with Crippen LogP contribution in [0.2, 0.25) is 0 Å². The topological polar surface area (TPSA) is 20.2 Å². The minimum absolute atomic E-state index is 0.425. The predicted molar refractivity (Wildman–Crippen MR) is 105 cm³/mol. The molecule has 7 atom stereocenters. The van der Waals surface area contributed by atoms with Gasteiger partial charge in [-0.3, -0.25) is 0 Å². The van der Waals surface area contributed by atoms with Gasteiger partial charge in [-0.2, -0.15) is 0 Å². The van der Waals surface area contributed by atoms with E-state index in [1.807, 2.05) is 6.08 Å². The van der Waals surface area contributed by atoms with Crippen molar-refractivity contribution < 1.29 is 5.11 Å². The van der Waals surface area contributed by atoms with Crippen molar-refractivity contribution in [2.24, 2.45) is 40.4 Å². The minimum atomic E-state index is 0.425. The fourth-order valence-electron chi connectivity index (χ4n) is 8.06. The fourth-order valence-corrected chi connectivity index (χ4v) is 8.06. The number of aliphatic hydroxyl groups excluding tert-OH is 1. The number of aliphatic hydroxyl groups is 1. The van der Waals surface area contributed by atoms with Crippen LogP contribution in [0.3, 0.4) is 0 Å². The maximum absolute atomic E-state index is 10.2. The summed E-state index contributed by atoms with van der Waals surface area (Å²) >= 11 is 0. The average Bonchev–Trinajstić information content (AvgIpc) is 2.91. The molecule has 1 N–H and O–H groups in total. The van der Waals surface area contributed by atoms with Gasteiger partial charge in [0.2, 0.25) is 0 Å². The Bertz CT molecular complexity index is 548. The molecule has 0 saturated heterocycles. The van der Waals surface area contributed by atoms with Gasteiger partial charge in [0.1, 0.15) is 0 Å². The van der Waals surface area contributed by atoms with Gasteiger partial charge in [0.05, 0.1) is 5.76 Å². The van der Waals surface area contributed by atoms with Crippen molar-refractivity contribution in [3.63, 3.8) is 0 Å². The SMILES string of the molecule is C=CCC(O)=C[C@H]1CC[C@H]2[C@@H]3CCC4CCCC[C@]4(C)[C@H]3CC[C@]12C. The van der Waals surface area contributed by atoms with Gasteiger partial charge in [0.25, 0.3) is 0 Å². The highest BCUT2D eigenvalue weighted by Crippen LogP contribution is 2.67. The maximum Gasteiger partial charge on any atom is 0.0923 e. The highest BCUT2D eigenvalue weighted by atomic mass is 16.3. The van der Waals surface area contributed by atoms with Crippen molar-refractivity contribution in [2.45, 2.75) is 84.5 Å². The summed E-state index contributed by atoms with van der Waals surface area (Å²) in [4.78, 5) is 0. The highest BCUT2D eigenvalue weighted by Gasteiger charge is 2.59. The van der Waals surface area contributed by atoms with Gasteiger partial charge in [-0.15, -0.1) is 6.58 Å². The van der Waals surface area contributed by atoms with E-state index < -0.39 is 0 Å². The monoisotopic (exact) mass is 342 g/mol. The molecule has 0 aromatic heterocycles. The predicted octanol–water partition coefficient (Wildman–Crippen LogP) is 7.05. The van der Waals surface area contributed by atoms with Gasteiger partial charge in [-0.1, -0.05) is 32.8 Å². The van der Waals surface area contributed by atoms with Crippen molar-refractivity contribution in [2.75, 3.05) is 0 Å². The standard InChI is InChI=1S/C24H38O/c1-4-7-19(25)16-18-10-12-21-20-11-9-17-8-5-6-14-23(17,2)22(20)13-15-24(18,21)3/h4,16-18,20-22,25H,1,5-15H2,2-3H3/t17?,18-,20+,21+,22+,23+,24-/m1/s1. The summed E-state index contributed by atoms with van der Waals surface area (Å²) in [6.45, 7) is 8.99. The van der Waals surface area contributed by atoms with E-state index in [9.17, 15) is 5.11 Å². The van der Waals surface area contributed by atoms with Crippen LogP contribution in [0.1, 0.15) is 84.5 Å². The normalized spacial score (nSPS) is 49.8. The fraction of sp³-hybridized carbons (Fsp3) is 0.833. The lowest BCUT2D eigenvalue weighted by atomic mass is 9.45. The van der Waals surface area contributed by atoms with Crippen LogP contribution in [0, 0.1) is 40.4 Å². The molecule has 4 aliphatic carbocycles. The van der Waals surface area contributed by atoms with Gasteiger partial charge in [0.15, 0.2) is 0 Å².